The van der Waals surface area contributed by atoms with E-state index in [1.807, 2.05) is 0 Å². The Kier molecular flexibility index (Phi) is 7.68. The number of esters is 1. The van der Waals surface area contributed by atoms with Crippen molar-refractivity contribution in [2.24, 2.45) is 0 Å². The molecular weight excluding hydrogens is 447 g/mol. The summed E-state index contributed by atoms with van der Waals surface area (Å²) in [6.45, 7) is 10.5. The third-order valence-electron chi connectivity index (χ3n) is 5.21. The van der Waals surface area contributed by atoms with Crippen LogP contribution in [0, 0.1) is 5.82 Å². The number of carbonyl (C=O) groups is 2. The predicted octanol–water partition coefficient (Wildman–Crippen LogP) is 5.73. The molecule has 1 aliphatic rings. The summed E-state index contributed by atoms with van der Waals surface area (Å²) in [5.74, 6) is -0.0262. The first-order chi connectivity index (χ1) is 15.0. The number of amides is 1. The molecule has 0 radical (unpaired) electrons. The highest BCUT2D eigenvalue weighted by Gasteiger charge is 2.42. The zero-order valence-corrected chi connectivity index (χ0v) is 20.9. The topological polar surface area (TPSA) is 67.4 Å². The third-order valence-corrected chi connectivity index (χ3v) is 7.78. The Hall–Kier alpha value is -1.90. The number of halogens is 1. The lowest BCUT2D eigenvalue weighted by Gasteiger charge is -2.42. The first kappa shape index (κ1) is 24.7. The molecule has 2 heterocycles. The summed E-state index contributed by atoms with van der Waals surface area (Å²) in [6.07, 6.45) is 1.69. The lowest BCUT2D eigenvalue weighted by Crippen LogP contribution is -2.55. The van der Waals surface area contributed by atoms with Crippen LogP contribution in [0.4, 0.5) is 9.39 Å². The smallest absolute Gasteiger partial charge is 0.341 e. The van der Waals surface area contributed by atoms with Crippen molar-refractivity contribution in [2.45, 2.75) is 69.9 Å². The normalized spacial score (nSPS) is 16.3. The minimum atomic E-state index is -0.388. The molecule has 2 N–H and O–H groups in total. The van der Waals surface area contributed by atoms with Gasteiger partial charge in [-0.25, -0.2) is 9.18 Å². The molecule has 0 unspecified atom stereocenters. The summed E-state index contributed by atoms with van der Waals surface area (Å²) in [5, 5.41) is 7.17. The average molecular weight is 479 g/mol. The Labute approximate surface area is 197 Å². The highest BCUT2D eigenvalue weighted by atomic mass is 32.2. The van der Waals surface area contributed by atoms with Gasteiger partial charge in [0.2, 0.25) is 5.91 Å². The summed E-state index contributed by atoms with van der Waals surface area (Å²) < 4.78 is 18.3. The predicted molar refractivity (Wildman–Crippen MR) is 129 cm³/mol. The van der Waals surface area contributed by atoms with E-state index in [4.69, 9.17) is 4.74 Å². The molecule has 0 atom stereocenters. The lowest BCUT2D eigenvalue weighted by atomic mass is 9.81. The summed E-state index contributed by atoms with van der Waals surface area (Å²) in [6, 6.07) is 6.34. The number of anilines is 1. The van der Waals surface area contributed by atoms with Gasteiger partial charge in [0.05, 0.1) is 12.2 Å². The highest BCUT2D eigenvalue weighted by molar-refractivity contribution is 7.99. The quantitative estimate of drug-likeness (QED) is 0.288. The van der Waals surface area contributed by atoms with Crippen LogP contribution in [0.15, 0.2) is 29.2 Å². The summed E-state index contributed by atoms with van der Waals surface area (Å²) in [7, 11) is 0. The maximum atomic E-state index is 13.0. The van der Waals surface area contributed by atoms with Crippen LogP contribution in [-0.2, 0) is 21.5 Å². The molecule has 2 aromatic rings. The molecule has 8 heteroatoms. The van der Waals surface area contributed by atoms with Crippen LogP contribution in [0.5, 0.6) is 0 Å². The zero-order chi connectivity index (χ0) is 23.5. The van der Waals surface area contributed by atoms with Crippen molar-refractivity contribution in [1.82, 2.24) is 5.32 Å². The Morgan fingerprint density at radius 3 is 2.56 bits per heavy atom. The molecule has 0 saturated heterocycles. The van der Waals surface area contributed by atoms with E-state index in [-0.39, 0.29) is 35.4 Å². The van der Waals surface area contributed by atoms with E-state index in [0.29, 0.717) is 29.8 Å². The van der Waals surface area contributed by atoms with Gasteiger partial charge in [0.1, 0.15) is 10.8 Å². The summed E-state index contributed by atoms with van der Waals surface area (Å²) in [4.78, 5) is 27.5. The van der Waals surface area contributed by atoms with Crippen molar-refractivity contribution in [3.63, 3.8) is 0 Å². The van der Waals surface area contributed by atoms with Crippen LogP contribution in [0.3, 0.4) is 0 Å². The van der Waals surface area contributed by atoms with Gasteiger partial charge in [-0.2, -0.15) is 0 Å². The number of ether oxygens (including phenoxy) is 1. The number of fused-ring (bicyclic) bond motifs is 1. The fourth-order valence-electron chi connectivity index (χ4n) is 4.18. The largest absolute Gasteiger partial charge is 0.462 e. The lowest BCUT2D eigenvalue weighted by molar-refractivity contribution is -0.116. The first-order valence-electron chi connectivity index (χ1n) is 10.8. The molecule has 0 bridgehead atoms. The van der Waals surface area contributed by atoms with Crippen molar-refractivity contribution in [3.8, 4) is 0 Å². The van der Waals surface area contributed by atoms with E-state index < -0.39 is 0 Å². The Balaban J connectivity index is 1.71. The average Bonchev–Trinajstić information content (AvgIpc) is 3.03. The molecule has 0 saturated carbocycles. The number of benzene rings is 1. The van der Waals surface area contributed by atoms with Crippen molar-refractivity contribution < 1.29 is 18.7 Å². The molecular formula is C24H31FN2O3S2. The molecule has 0 fully saturated rings. The van der Waals surface area contributed by atoms with Gasteiger partial charge in [0.15, 0.2) is 0 Å². The number of nitrogens with one attached hydrogen (secondary N) is 2. The summed E-state index contributed by atoms with van der Waals surface area (Å²) >= 11 is 3.04. The fraction of sp³-hybridized carbons (Fsp3) is 0.500. The SMILES string of the molecule is CCOC(=O)c1c(NC(=O)CCCSc2ccc(F)cc2)sc2c1CC(C)(C)NC2(C)C. The van der Waals surface area contributed by atoms with Crippen LogP contribution in [0.2, 0.25) is 0 Å². The van der Waals surface area contributed by atoms with E-state index in [9.17, 15) is 14.0 Å². The van der Waals surface area contributed by atoms with Crippen molar-refractivity contribution in [1.29, 1.82) is 0 Å². The van der Waals surface area contributed by atoms with Crippen LogP contribution in [0.1, 0.15) is 68.3 Å². The minimum Gasteiger partial charge on any atom is -0.462 e. The molecule has 1 aromatic heterocycles. The van der Waals surface area contributed by atoms with E-state index in [2.05, 4.69) is 38.3 Å². The van der Waals surface area contributed by atoms with Gasteiger partial charge in [-0.3, -0.25) is 4.79 Å². The highest BCUT2D eigenvalue weighted by Crippen LogP contribution is 2.45. The molecule has 0 aliphatic carbocycles. The number of thiophene rings is 1. The number of rotatable bonds is 8. The van der Waals surface area contributed by atoms with Gasteiger partial charge in [-0.05, 0) is 83.0 Å². The molecule has 1 aliphatic heterocycles. The summed E-state index contributed by atoms with van der Waals surface area (Å²) in [5.41, 5.74) is 0.947. The second-order valence-electron chi connectivity index (χ2n) is 9.10. The third kappa shape index (κ3) is 5.91. The van der Waals surface area contributed by atoms with Gasteiger partial charge in [-0.15, -0.1) is 23.1 Å². The van der Waals surface area contributed by atoms with Crippen LogP contribution in [0.25, 0.3) is 0 Å². The van der Waals surface area contributed by atoms with Gasteiger partial charge < -0.3 is 15.4 Å². The molecule has 1 amide bonds. The zero-order valence-electron chi connectivity index (χ0n) is 19.3. The molecule has 1 aromatic carbocycles. The number of hydrogen-bond donors (Lipinski definition) is 2. The Morgan fingerprint density at radius 1 is 1.22 bits per heavy atom. The van der Waals surface area contributed by atoms with Gasteiger partial charge >= 0.3 is 5.97 Å². The second kappa shape index (κ2) is 9.93. The monoisotopic (exact) mass is 478 g/mol. The molecule has 32 heavy (non-hydrogen) atoms. The van der Waals surface area contributed by atoms with E-state index in [1.54, 1.807) is 30.8 Å². The van der Waals surface area contributed by atoms with Gasteiger partial charge in [-0.1, -0.05) is 0 Å². The number of thioether (sulfide) groups is 1. The van der Waals surface area contributed by atoms with Crippen LogP contribution < -0.4 is 10.6 Å². The van der Waals surface area contributed by atoms with Crippen LogP contribution in [-0.4, -0.2) is 29.8 Å². The maximum Gasteiger partial charge on any atom is 0.341 e. The molecule has 5 nitrogen and oxygen atoms in total. The van der Waals surface area contributed by atoms with E-state index in [1.165, 1.54) is 23.5 Å². The molecule has 3 rings (SSSR count). The number of hydrogen-bond acceptors (Lipinski definition) is 6. The second-order valence-corrected chi connectivity index (χ2v) is 11.3. The number of carbonyl (C=O) groups excluding carboxylic acids is 2. The standard InChI is InChI=1S/C24H31FN2O3S2/c1-6-30-22(29)19-17-14-23(2,3)27-24(4,5)20(17)32-21(19)26-18(28)8-7-13-31-16-11-9-15(25)10-12-16/h9-12,27H,6-8,13-14H2,1-5H3,(H,26,28). The van der Waals surface area contributed by atoms with Crippen molar-refractivity contribution in [3.05, 3.63) is 46.1 Å². The first-order valence-corrected chi connectivity index (χ1v) is 12.6. The minimum absolute atomic E-state index is 0.126. The molecule has 0 spiro atoms. The maximum absolute atomic E-state index is 13.0. The molecule has 174 valence electrons. The Morgan fingerprint density at radius 2 is 1.91 bits per heavy atom. The van der Waals surface area contributed by atoms with Crippen molar-refractivity contribution >= 4 is 40.0 Å². The van der Waals surface area contributed by atoms with Crippen LogP contribution >= 0.6 is 23.1 Å². The van der Waals surface area contributed by atoms with Gasteiger partial charge in [0.25, 0.3) is 0 Å². The fourth-order valence-corrected chi connectivity index (χ4v) is 6.31. The van der Waals surface area contributed by atoms with Crippen molar-refractivity contribution in [2.75, 3.05) is 17.7 Å². The Bertz CT molecular complexity index is 984. The van der Waals surface area contributed by atoms with Gasteiger partial charge in [0, 0.05) is 27.3 Å². The van der Waals surface area contributed by atoms with E-state index in [0.717, 1.165) is 21.1 Å². The van der Waals surface area contributed by atoms with E-state index >= 15 is 0 Å².